The molecule has 1 atom stereocenters. The molecule has 0 amide bonds. The molecule has 112 valence electrons. The van der Waals surface area contributed by atoms with E-state index in [1.165, 1.54) is 11.8 Å². The second-order valence-electron chi connectivity index (χ2n) is 4.42. The van der Waals surface area contributed by atoms with E-state index in [1.54, 1.807) is 6.92 Å². The molecule has 0 spiro atoms. The Morgan fingerprint density at radius 2 is 2.19 bits per heavy atom. The summed E-state index contributed by atoms with van der Waals surface area (Å²) in [5, 5.41) is 4.02. The summed E-state index contributed by atoms with van der Waals surface area (Å²) in [6, 6.07) is 11.1. The first-order chi connectivity index (χ1) is 10.2. The van der Waals surface area contributed by atoms with E-state index in [0.717, 1.165) is 17.0 Å². The molecule has 1 unspecified atom stereocenters. The zero-order valence-electron chi connectivity index (χ0n) is 11.8. The molecule has 0 aliphatic heterocycles. The lowest BCUT2D eigenvalue weighted by atomic mass is 10.2. The van der Waals surface area contributed by atoms with Gasteiger partial charge in [0, 0.05) is 23.1 Å². The van der Waals surface area contributed by atoms with Crippen LogP contribution >= 0.6 is 11.8 Å². The number of nitrogens with zero attached hydrogens (tertiary/aromatic N) is 1. The standard InChI is InChI=1S/C15H18N2O3S/c1-2-19-15(18)13(16)10-21-9-12-8-14(20-17-12)11-6-4-3-5-7-11/h3-8,13H,2,9-10,16H2,1H3. The molecule has 6 heteroatoms. The molecule has 0 saturated carbocycles. The van der Waals surface area contributed by atoms with Gasteiger partial charge in [-0.05, 0) is 6.92 Å². The molecule has 2 aromatic rings. The van der Waals surface area contributed by atoms with Gasteiger partial charge in [-0.3, -0.25) is 4.79 Å². The molecule has 2 N–H and O–H groups in total. The average Bonchev–Trinajstić information content (AvgIpc) is 2.97. The summed E-state index contributed by atoms with van der Waals surface area (Å²) in [6.07, 6.45) is 0. The second-order valence-corrected chi connectivity index (χ2v) is 5.45. The minimum Gasteiger partial charge on any atom is -0.465 e. The van der Waals surface area contributed by atoms with E-state index in [-0.39, 0.29) is 5.97 Å². The molecule has 21 heavy (non-hydrogen) atoms. The molecular weight excluding hydrogens is 288 g/mol. The van der Waals surface area contributed by atoms with Crippen molar-refractivity contribution in [3.63, 3.8) is 0 Å². The van der Waals surface area contributed by atoms with Gasteiger partial charge in [-0.2, -0.15) is 11.8 Å². The van der Waals surface area contributed by atoms with Gasteiger partial charge in [0.1, 0.15) is 6.04 Å². The lowest BCUT2D eigenvalue weighted by molar-refractivity contribution is -0.144. The van der Waals surface area contributed by atoms with E-state index in [0.29, 0.717) is 18.1 Å². The maximum Gasteiger partial charge on any atom is 0.323 e. The fourth-order valence-corrected chi connectivity index (χ4v) is 2.58. The Balaban J connectivity index is 1.82. The van der Waals surface area contributed by atoms with Crippen LogP contribution in [0.1, 0.15) is 12.6 Å². The van der Waals surface area contributed by atoms with Crippen LogP contribution < -0.4 is 5.73 Å². The maximum atomic E-state index is 11.4. The first-order valence-corrected chi connectivity index (χ1v) is 7.87. The summed E-state index contributed by atoms with van der Waals surface area (Å²) in [6.45, 7) is 2.11. The number of rotatable bonds is 7. The zero-order valence-corrected chi connectivity index (χ0v) is 12.6. The normalized spacial score (nSPS) is 12.1. The smallest absolute Gasteiger partial charge is 0.323 e. The number of carbonyl (C=O) groups is 1. The van der Waals surface area contributed by atoms with Gasteiger partial charge in [0.15, 0.2) is 5.76 Å². The van der Waals surface area contributed by atoms with Crippen LogP contribution in [0.25, 0.3) is 11.3 Å². The number of carbonyl (C=O) groups excluding carboxylic acids is 1. The first-order valence-electron chi connectivity index (χ1n) is 6.71. The second kappa shape index (κ2) is 7.85. The van der Waals surface area contributed by atoms with E-state index >= 15 is 0 Å². The van der Waals surface area contributed by atoms with Crippen molar-refractivity contribution in [2.24, 2.45) is 5.73 Å². The first kappa shape index (κ1) is 15.6. The Kier molecular flexibility index (Phi) is 5.83. The third-order valence-electron chi connectivity index (χ3n) is 2.75. The fourth-order valence-electron chi connectivity index (χ4n) is 1.73. The quantitative estimate of drug-likeness (QED) is 0.792. The minimum atomic E-state index is -0.601. The van der Waals surface area contributed by atoms with Crippen LogP contribution in [0.4, 0.5) is 0 Å². The van der Waals surface area contributed by atoms with Crippen molar-refractivity contribution >= 4 is 17.7 Å². The summed E-state index contributed by atoms with van der Waals surface area (Å²) in [7, 11) is 0. The minimum absolute atomic E-state index is 0.348. The van der Waals surface area contributed by atoms with Crippen LogP contribution in [0.3, 0.4) is 0 Å². The third kappa shape index (κ3) is 4.61. The van der Waals surface area contributed by atoms with Crippen molar-refractivity contribution in [2.45, 2.75) is 18.7 Å². The van der Waals surface area contributed by atoms with Crippen molar-refractivity contribution in [2.75, 3.05) is 12.4 Å². The van der Waals surface area contributed by atoms with Gasteiger partial charge < -0.3 is 15.0 Å². The lowest BCUT2D eigenvalue weighted by Crippen LogP contribution is -2.34. The van der Waals surface area contributed by atoms with Gasteiger partial charge in [-0.15, -0.1) is 0 Å². The van der Waals surface area contributed by atoms with E-state index in [9.17, 15) is 4.79 Å². The number of aromatic nitrogens is 1. The monoisotopic (exact) mass is 306 g/mol. The Bertz CT molecular complexity index is 571. The fraction of sp³-hybridized carbons (Fsp3) is 0.333. The SMILES string of the molecule is CCOC(=O)C(N)CSCc1cc(-c2ccccc2)on1. The highest BCUT2D eigenvalue weighted by atomic mass is 32.2. The summed E-state index contributed by atoms with van der Waals surface area (Å²) in [4.78, 5) is 11.4. The van der Waals surface area contributed by atoms with Crippen LogP contribution in [-0.4, -0.2) is 29.5 Å². The van der Waals surface area contributed by atoms with Crippen LogP contribution in [0, 0.1) is 0 Å². The van der Waals surface area contributed by atoms with Crippen molar-refractivity contribution in [3.05, 3.63) is 42.1 Å². The number of esters is 1. The van der Waals surface area contributed by atoms with Crippen molar-refractivity contribution in [3.8, 4) is 11.3 Å². The van der Waals surface area contributed by atoms with Gasteiger partial charge in [-0.1, -0.05) is 35.5 Å². The van der Waals surface area contributed by atoms with Gasteiger partial charge in [-0.25, -0.2) is 0 Å². The highest BCUT2D eigenvalue weighted by Crippen LogP contribution is 2.22. The highest BCUT2D eigenvalue weighted by molar-refractivity contribution is 7.98. The molecule has 0 radical (unpaired) electrons. The maximum absolute atomic E-state index is 11.4. The van der Waals surface area contributed by atoms with Gasteiger partial charge in [0.25, 0.3) is 0 Å². The zero-order chi connectivity index (χ0) is 15.1. The van der Waals surface area contributed by atoms with Gasteiger partial charge in [0.2, 0.25) is 0 Å². The van der Waals surface area contributed by atoms with Crippen molar-refractivity contribution in [1.29, 1.82) is 0 Å². The third-order valence-corrected chi connectivity index (χ3v) is 3.85. The molecule has 1 aromatic heterocycles. The highest BCUT2D eigenvalue weighted by Gasteiger charge is 2.15. The number of hydrogen-bond donors (Lipinski definition) is 1. The molecule has 0 aliphatic rings. The van der Waals surface area contributed by atoms with E-state index in [4.69, 9.17) is 15.0 Å². The molecule has 0 aliphatic carbocycles. The van der Waals surface area contributed by atoms with Crippen molar-refractivity contribution < 1.29 is 14.1 Å². The number of benzene rings is 1. The molecular formula is C15H18N2O3S. The molecule has 1 heterocycles. The molecule has 0 saturated heterocycles. The van der Waals surface area contributed by atoms with Crippen LogP contribution in [0.5, 0.6) is 0 Å². The summed E-state index contributed by atoms with van der Waals surface area (Å²) in [5.74, 6) is 1.51. The Morgan fingerprint density at radius 3 is 2.90 bits per heavy atom. The van der Waals surface area contributed by atoms with Crippen molar-refractivity contribution in [1.82, 2.24) is 5.16 Å². The summed E-state index contributed by atoms with van der Waals surface area (Å²) in [5.41, 5.74) is 7.54. The number of thioether (sulfide) groups is 1. The Hall–Kier alpha value is -1.79. The van der Waals surface area contributed by atoms with Crippen LogP contribution in [0.2, 0.25) is 0 Å². The number of hydrogen-bond acceptors (Lipinski definition) is 6. The number of nitrogens with two attached hydrogens (primary N) is 1. The van der Waals surface area contributed by atoms with E-state index in [2.05, 4.69) is 5.16 Å². The van der Waals surface area contributed by atoms with Gasteiger partial charge in [0.05, 0.1) is 12.3 Å². The molecule has 0 fully saturated rings. The Labute approximate surface area is 127 Å². The Morgan fingerprint density at radius 1 is 1.43 bits per heavy atom. The summed E-state index contributed by atoms with van der Waals surface area (Å²) >= 11 is 1.53. The summed E-state index contributed by atoms with van der Waals surface area (Å²) < 4.78 is 10.2. The predicted molar refractivity (Wildman–Crippen MR) is 82.7 cm³/mol. The van der Waals surface area contributed by atoms with Crippen LogP contribution in [-0.2, 0) is 15.3 Å². The predicted octanol–water partition coefficient (Wildman–Crippen LogP) is 2.47. The number of ether oxygens (including phenoxy) is 1. The lowest BCUT2D eigenvalue weighted by Gasteiger charge is -2.08. The van der Waals surface area contributed by atoms with E-state index < -0.39 is 6.04 Å². The van der Waals surface area contributed by atoms with E-state index in [1.807, 2.05) is 36.4 Å². The molecule has 5 nitrogen and oxygen atoms in total. The largest absolute Gasteiger partial charge is 0.465 e. The molecule has 0 bridgehead atoms. The molecule has 2 rings (SSSR count). The average molecular weight is 306 g/mol. The topological polar surface area (TPSA) is 78.4 Å². The van der Waals surface area contributed by atoms with Gasteiger partial charge >= 0.3 is 5.97 Å². The molecule has 1 aromatic carbocycles. The van der Waals surface area contributed by atoms with Crippen LogP contribution in [0.15, 0.2) is 40.9 Å².